The van der Waals surface area contributed by atoms with Crippen LogP contribution in [-0.4, -0.2) is 73.2 Å². The van der Waals surface area contributed by atoms with Gasteiger partial charge < -0.3 is 25.1 Å². The minimum absolute atomic E-state index is 0.321. The first-order valence-electron chi connectivity index (χ1n) is 14.9. The third-order valence-electron chi connectivity index (χ3n) is 9.38. The molecule has 1 saturated heterocycles. The first-order valence-corrected chi connectivity index (χ1v) is 14.9. The number of aromatic nitrogens is 5. The number of rotatable bonds is 5. The van der Waals surface area contributed by atoms with Crippen molar-refractivity contribution in [2.75, 3.05) is 44.3 Å². The highest BCUT2D eigenvalue weighted by Crippen LogP contribution is 2.39. The summed E-state index contributed by atoms with van der Waals surface area (Å²) in [5, 5.41) is 4.26. The molecular weight excluding hydrogens is 529 g/mol. The number of piperazine rings is 1. The molecule has 3 aromatic heterocycles. The van der Waals surface area contributed by atoms with E-state index in [1.807, 2.05) is 30.7 Å². The first-order chi connectivity index (χ1) is 20.4. The van der Waals surface area contributed by atoms with E-state index in [0.717, 1.165) is 64.9 Å². The maximum Gasteiger partial charge on any atom is 0.208 e. The zero-order valence-corrected chi connectivity index (χ0v) is 24.5. The largest absolute Gasteiger partial charge is 0.383 e. The monoisotopic (exact) mass is 567 g/mol. The Morgan fingerprint density at radius 1 is 0.905 bits per heavy atom. The number of halogens is 1. The van der Waals surface area contributed by atoms with Gasteiger partial charge in [-0.1, -0.05) is 18.2 Å². The molecule has 42 heavy (non-hydrogen) atoms. The third-order valence-corrected chi connectivity index (χ3v) is 9.38. The average molecular weight is 568 g/mol. The topological polar surface area (TPSA) is 93.1 Å². The van der Waals surface area contributed by atoms with Gasteiger partial charge >= 0.3 is 0 Å². The van der Waals surface area contributed by atoms with Crippen molar-refractivity contribution in [2.24, 2.45) is 7.05 Å². The van der Waals surface area contributed by atoms with Gasteiger partial charge in [0, 0.05) is 62.8 Å². The van der Waals surface area contributed by atoms with Gasteiger partial charge in [0.25, 0.3) is 0 Å². The Hall–Kier alpha value is -4.02. The molecule has 4 heterocycles. The molecule has 0 spiro atoms. The highest BCUT2D eigenvalue weighted by Gasteiger charge is 2.30. The molecule has 1 aliphatic heterocycles. The molecule has 1 aliphatic carbocycles. The van der Waals surface area contributed by atoms with Crippen LogP contribution in [0.25, 0.3) is 33.2 Å². The summed E-state index contributed by atoms with van der Waals surface area (Å²) in [6, 6.07) is 12.5. The summed E-state index contributed by atoms with van der Waals surface area (Å²) in [5.41, 5.74) is 12.4. The number of nitrogen functional groups attached to an aromatic ring is 1. The predicted octanol–water partition coefficient (Wildman–Crippen LogP) is 5.49. The van der Waals surface area contributed by atoms with Crippen LogP contribution in [0, 0.1) is 12.7 Å². The highest BCUT2D eigenvalue weighted by molar-refractivity contribution is 6.00. The summed E-state index contributed by atoms with van der Waals surface area (Å²) < 4.78 is 18.7. The lowest BCUT2D eigenvalue weighted by molar-refractivity contribution is 0.0828. The molecule has 2 aliphatic rings. The average Bonchev–Trinajstić information content (AvgIpc) is 3.56. The Morgan fingerprint density at radius 2 is 1.62 bits per heavy atom. The lowest BCUT2D eigenvalue weighted by Gasteiger charge is -2.41. The fraction of sp³-hybridized carbons (Fsp3) is 0.406. The smallest absolute Gasteiger partial charge is 0.208 e. The van der Waals surface area contributed by atoms with Gasteiger partial charge in [0.15, 0.2) is 5.82 Å². The summed E-state index contributed by atoms with van der Waals surface area (Å²) in [5.74, 6) is 0.769. The van der Waals surface area contributed by atoms with Gasteiger partial charge in [0.05, 0.1) is 10.9 Å². The lowest BCUT2D eigenvalue weighted by Crippen LogP contribution is -2.49. The number of hydrogen-bond acceptors (Lipinski definition) is 7. The SMILES string of the molecule is Cc1ccc(F)c2nc(Nc3ccc(-c4cn(C5CCC(N6CCN(C)CC6)CC5)c5ncnc(N)c45)cc3)n(C)c12. The van der Waals surface area contributed by atoms with E-state index in [1.54, 1.807) is 12.4 Å². The van der Waals surface area contributed by atoms with Gasteiger partial charge in [-0.15, -0.1) is 0 Å². The van der Waals surface area contributed by atoms with Crippen LogP contribution in [0.15, 0.2) is 48.9 Å². The van der Waals surface area contributed by atoms with Gasteiger partial charge in [0.2, 0.25) is 5.95 Å². The van der Waals surface area contributed by atoms with Crippen LogP contribution in [0.2, 0.25) is 0 Å². The molecule has 2 fully saturated rings. The Kier molecular flexibility index (Phi) is 6.82. The summed E-state index contributed by atoms with van der Waals surface area (Å²) >= 11 is 0. The molecular formula is C32H38FN9. The number of nitrogens with zero attached hydrogens (tertiary/aromatic N) is 7. The van der Waals surface area contributed by atoms with E-state index >= 15 is 0 Å². The van der Waals surface area contributed by atoms with E-state index in [-0.39, 0.29) is 5.82 Å². The number of fused-ring (bicyclic) bond motifs is 2. The number of imidazole rings is 1. The summed E-state index contributed by atoms with van der Waals surface area (Å²) in [6.45, 7) is 6.63. The maximum atomic E-state index is 14.4. The van der Waals surface area contributed by atoms with Crippen molar-refractivity contribution in [1.82, 2.24) is 33.9 Å². The maximum absolute atomic E-state index is 14.4. The molecule has 5 aromatic rings. The van der Waals surface area contributed by atoms with Crippen LogP contribution in [0.5, 0.6) is 0 Å². The van der Waals surface area contributed by atoms with Crippen molar-refractivity contribution in [2.45, 2.75) is 44.7 Å². The number of likely N-dealkylation sites (N-methyl/N-ethyl adjacent to an activating group) is 1. The van der Waals surface area contributed by atoms with Gasteiger partial charge in [-0.25, -0.2) is 19.3 Å². The van der Waals surface area contributed by atoms with Gasteiger partial charge in [-0.3, -0.25) is 4.90 Å². The second-order valence-corrected chi connectivity index (χ2v) is 12.0. The number of benzene rings is 2. The van der Waals surface area contributed by atoms with E-state index < -0.39 is 0 Å². The second kappa shape index (κ2) is 10.7. The fourth-order valence-electron chi connectivity index (χ4n) is 6.94. The quantitative estimate of drug-likeness (QED) is 0.290. The molecule has 10 heteroatoms. The van der Waals surface area contributed by atoms with Gasteiger partial charge in [-0.2, -0.15) is 0 Å². The molecule has 3 N–H and O–H groups in total. The van der Waals surface area contributed by atoms with Gasteiger partial charge in [0.1, 0.15) is 23.3 Å². The van der Waals surface area contributed by atoms with Crippen LogP contribution < -0.4 is 11.1 Å². The van der Waals surface area contributed by atoms with Crippen molar-refractivity contribution >= 4 is 39.5 Å². The molecule has 7 rings (SSSR count). The summed E-state index contributed by atoms with van der Waals surface area (Å²) in [7, 11) is 4.11. The number of nitrogens with two attached hydrogens (primary N) is 1. The van der Waals surface area contributed by atoms with Gasteiger partial charge in [-0.05, 0) is 69.0 Å². The van der Waals surface area contributed by atoms with Crippen molar-refractivity contribution in [1.29, 1.82) is 0 Å². The van der Waals surface area contributed by atoms with E-state index in [9.17, 15) is 4.39 Å². The third kappa shape index (κ3) is 4.68. The number of aryl methyl sites for hydroxylation is 2. The molecule has 9 nitrogen and oxygen atoms in total. The zero-order valence-electron chi connectivity index (χ0n) is 24.5. The molecule has 0 bridgehead atoms. The second-order valence-electron chi connectivity index (χ2n) is 12.0. The summed E-state index contributed by atoms with van der Waals surface area (Å²) in [6.07, 6.45) is 8.46. The molecule has 0 radical (unpaired) electrons. The number of nitrogens with one attached hydrogen (secondary N) is 1. The standard InChI is InChI=1S/C32H38FN9/c1-20-4-13-26(33)28-29(20)40(3)32(38-28)37-22-7-5-21(6-8-22)25-18-42(31-27(25)30(34)35-19-36-31)24-11-9-23(10-12-24)41-16-14-39(2)15-17-41/h4-8,13,18-19,23-24H,9-12,14-17H2,1-3H3,(H,37,38)(H2,34,35,36). The van der Waals surface area contributed by atoms with Crippen molar-refractivity contribution in [3.63, 3.8) is 0 Å². The molecule has 0 amide bonds. The number of hydrogen-bond donors (Lipinski definition) is 2. The Bertz CT molecular complexity index is 1740. The van der Waals surface area contributed by atoms with Crippen molar-refractivity contribution < 1.29 is 4.39 Å². The molecule has 1 saturated carbocycles. The Labute approximate surface area is 245 Å². The molecule has 0 atom stereocenters. The molecule has 0 unspecified atom stereocenters. The van der Waals surface area contributed by atoms with Crippen LogP contribution in [0.4, 0.5) is 21.8 Å². The minimum atomic E-state index is -0.321. The normalized spacial score (nSPS) is 20.5. The van der Waals surface area contributed by atoms with E-state index in [0.29, 0.717) is 29.4 Å². The first kappa shape index (κ1) is 26.9. The fourth-order valence-corrected chi connectivity index (χ4v) is 6.94. The molecule has 218 valence electrons. The van der Waals surface area contributed by atoms with Crippen LogP contribution in [0.3, 0.4) is 0 Å². The minimum Gasteiger partial charge on any atom is -0.383 e. The summed E-state index contributed by atoms with van der Waals surface area (Å²) in [4.78, 5) is 18.7. The van der Waals surface area contributed by atoms with Crippen LogP contribution in [-0.2, 0) is 7.05 Å². The highest BCUT2D eigenvalue weighted by atomic mass is 19.1. The zero-order chi connectivity index (χ0) is 29.0. The van der Waals surface area contributed by atoms with E-state index in [1.165, 1.54) is 32.0 Å². The van der Waals surface area contributed by atoms with E-state index in [4.69, 9.17) is 10.7 Å². The number of anilines is 3. The van der Waals surface area contributed by atoms with Crippen molar-refractivity contribution in [3.05, 3.63) is 60.3 Å². The Balaban J connectivity index is 1.14. The van der Waals surface area contributed by atoms with Crippen molar-refractivity contribution in [3.8, 4) is 11.1 Å². The molecule has 2 aromatic carbocycles. The van der Waals surface area contributed by atoms with Crippen LogP contribution in [0.1, 0.15) is 37.3 Å². The lowest BCUT2D eigenvalue weighted by atomic mass is 9.89. The van der Waals surface area contributed by atoms with E-state index in [2.05, 4.69) is 55.0 Å². The van der Waals surface area contributed by atoms with Crippen LogP contribution >= 0.6 is 0 Å². The predicted molar refractivity (Wildman–Crippen MR) is 166 cm³/mol. The Morgan fingerprint density at radius 3 is 2.33 bits per heavy atom.